The number of H-pyrrole nitrogens is 1. The van der Waals surface area contributed by atoms with Crippen LogP contribution in [-0.2, 0) is 0 Å². The first-order valence-electron chi connectivity index (χ1n) is 8.97. The van der Waals surface area contributed by atoms with E-state index in [1.807, 2.05) is 24.7 Å². The normalized spacial score (nSPS) is 27.4. The lowest BCUT2D eigenvalue weighted by atomic mass is 9.65. The minimum atomic E-state index is 0.0939. The first kappa shape index (κ1) is 15.3. The van der Waals surface area contributed by atoms with Crippen molar-refractivity contribution in [2.24, 2.45) is 11.8 Å². The average Bonchev–Trinajstić information content (AvgIpc) is 3.29. The van der Waals surface area contributed by atoms with Crippen LogP contribution in [0.25, 0.3) is 4.96 Å². The number of nitrogens with one attached hydrogen (secondary N) is 1. The van der Waals surface area contributed by atoms with Crippen molar-refractivity contribution >= 4 is 16.3 Å². The number of hydrogen-bond acceptors (Lipinski definition) is 4. The van der Waals surface area contributed by atoms with Crippen LogP contribution >= 0.6 is 11.3 Å². The zero-order valence-corrected chi connectivity index (χ0v) is 15.3. The Bertz CT molecular complexity index is 973. The fourth-order valence-electron chi connectivity index (χ4n) is 4.85. The minimum absolute atomic E-state index is 0.0939. The number of nitrogens with zero attached hydrogens (tertiary/aromatic N) is 3. The predicted molar refractivity (Wildman–Crippen MR) is 99.2 cm³/mol. The molecule has 3 aromatic rings. The number of fused-ring (bicyclic) bond motifs is 2. The Labute approximate surface area is 150 Å². The second kappa shape index (κ2) is 5.54. The molecule has 2 fully saturated rings. The molecule has 1 aliphatic carbocycles. The maximum atomic E-state index is 12.9. The molecule has 0 amide bonds. The highest BCUT2D eigenvalue weighted by Crippen LogP contribution is 2.52. The van der Waals surface area contributed by atoms with E-state index >= 15 is 0 Å². The van der Waals surface area contributed by atoms with E-state index in [0.29, 0.717) is 11.8 Å². The summed E-state index contributed by atoms with van der Waals surface area (Å²) in [6.07, 6.45) is 5.11. The van der Waals surface area contributed by atoms with E-state index in [2.05, 4.69) is 33.9 Å². The molecule has 1 saturated carbocycles. The zero-order valence-electron chi connectivity index (χ0n) is 14.5. The van der Waals surface area contributed by atoms with Gasteiger partial charge in [-0.05, 0) is 44.2 Å². The van der Waals surface area contributed by atoms with E-state index in [0.717, 1.165) is 35.2 Å². The van der Waals surface area contributed by atoms with Crippen molar-refractivity contribution < 1.29 is 0 Å². The molecule has 4 atom stereocenters. The van der Waals surface area contributed by atoms with E-state index in [-0.39, 0.29) is 11.6 Å². The van der Waals surface area contributed by atoms with Crippen LogP contribution in [0.5, 0.6) is 0 Å². The van der Waals surface area contributed by atoms with Crippen molar-refractivity contribution in [1.29, 1.82) is 0 Å². The monoisotopic (exact) mass is 354 g/mol. The fourth-order valence-corrected chi connectivity index (χ4v) is 5.60. The SMILES string of the molecule is Cc1nc2sccn2c(=O)c1C(C)N1CC2CC(c3ccc[nH]3)C2C1. The number of likely N-dealkylation sites (tertiary alicyclic amines) is 1. The Morgan fingerprint density at radius 1 is 1.40 bits per heavy atom. The van der Waals surface area contributed by atoms with Crippen LogP contribution < -0.4 is 5.56 Å². The lowest BCUT2D eigenvalue weighted by Crippen LogP contribution is -2.33. The van der Waals surface area contributed by atoms with Gasteiger partial charge < -0.3 is 4.98 Å². The Morgan fingerprint density at radius 3 is 3.08 bits per heavy atom. The number of hydrogen-bond donors (Lipinski definition) is 1. The molecule has 6 heteroatoms. The van der Waals surface area contributed by atoms with Gasteiger partial charge >= 0.3 is 0 Å². The van der Waals surface area contributed by atoms with Crippen molar-refractivity contribution in [2.45, 2.75) is 32.2 Å². The average molecular weight is 354 g/mol. The molecule has 1 N–H and O–H groups in total. The van der Waals surface area contributed by atoms with Gasteiger partial charge in [-0.1, -0.05) is 0 Å². The number of rotatable bonds is 3. The van der Waals surface area contributed by atoms with Crippen LogP contribution in [0.4, 0.5) is 0 Å². The quantitative estimate of drug-likeness (QED) is 0.786. The standard InChI is InChI=1S/C19H22N4OS/c1-11-17(18(24)23-6-7-25-19(23)21-11)12(2)22-9-13-8-14(15(13)10-22)16-4-3-5-20-16/h3-7,12-15,20H,8-10H2,1-2H3. The van der Waals surface area contributed by atoms with Crippen molar-refractivity contribution in [3.8, 4) is 0 Å². The third kappa shape index (κ3) is 2.24. The molecule has 4 unspecified atom stereocenters. The lowest BCUT2D eigenvalue weighted by Gasteiger charge is -2.39. The van der Waals surface area contributed by atoms with Crippen LogP contribution in [0.15, 0.2) is 34.7 Å². The molecule has 0 aromatic carbocycles. The van der Waals surface area contributed by atoms with Gasteiger partial charge in [0.25, 0.3) is 5.56 Å². The van der Waals surface area contributed by atoms with Crippen LogP contribution in [0, 0.1) is 18.8 Å². The summed E-state index contributed by atoms with van der Waals surface area (Å²) in [5.41, 5.74) is 3.19. The van der Waals surface area contributed by atoms with E-state index in [4.69, 9.17) is 0 Å². The highest BCUT2D eigenvalue weighted by Gasteiger charge is 2.49. The number of thiazole rings is 1. The topological polar surface area (TPSA) is 53.4 Å². The Hall–Kier alpha value is -1.92. The fraction of sp³-hybridized carbons (Fsp3) is 0.474. The van der Waals surface area contributed by atoms with Crippen molar-refractivity contribution in [3.05, 3.63) is 57.2 Å². The van der Waals surface area contributed by atoms with E-state index in [9.17, 15) is 4.79 Å². The summed E-state index contributed by atoms with van der Waals surface area (Å²) in [6, 6.07) is 4.41. The largest absolute Gasteiger partial charge is 0.365 e. The van der Waals surface area contributed by atoms with Gasteiger partial charge in [0.05, 0.1) is 11.3 Å². The van der Waals surface area contributed by atoms with Crippen molar-refractivity contribution in [2.75, 3.05) is 13.1 Å². The molecule has 0 bridgehead atoms. The van der Waals surface area contributed by atoms with E-state index < -0.39 is 0 Å². The highest BCUT2D eigenvalue weighted by atomic mass is 32.1. The highest BCUT2D eigenvalue weighted by molar-refractivity contribution is 7.15. The molecular weight excluding hydrogens is 332 g/mol. The molecule has 25 heavy (non-hydrogen) atoms. The molecule has 1 aliphatic heterocycles. The number of aromatic nitrogens is 3. The second-order valence-electron chi connectivity index (χ2n) is 7.49. The van der Waals surface area contributed by atoms with Gasteiger partial charge in [0, 0.05) is 48.5 Å². The zero-order chi connectivity index (χ0) is 17.1. The summed E-state index contributed by atoms with van der Waals surface area (Å²) in [7, 11) is 0. The summed E-state index contributed by atoms with van der Waals surface area (Å²) >= 11 is 1.51. The van der Waals surface area contributed by atoms with Crippen molar-refractivity contribution in [3.63, 3.8) is 0 Å². The Kier molecular flexibility index (Phi) is 3.40. The molecule has 0 spiro atoms. The van der Waals surface area contributed by atoms with Crippen molar-refractivity contribution in [1.82, 2.24) is 19.3 Å². The lowest BCUT2D eigenvalue weighted by molar-refractivity contribution is 0.187. The number of aryl methyl sites for hydroxylation is 1. The molecule has 3 aromatic heterocycles. The van der Waals surface area contributed by atoms with E-state index in [1.54, 1.807) is 4.40 Å². The van der Waals surface area contributed by atoms with Crippen LogP contribution in [-0.4, -0.2) is 32.4 Å². The van der Waals surface area contributed by atoms with Gasteiger partial charge in [0.15, 0.2) is 4.96 Å². The maximum absolute atomic E-state index is 12.9. The van der Waals surface area contributed by atoms with Gasteiger partial charge in [0.1, 0.15) is 0 Å². The minimum Gasteiger partial charge on any atom is -0.365 e. The Morgan fingerprint density at radius 2 is 2.28 bits per heavy atom. The van der Waals surface area contributed by atoms with Gasteiger partial charge in [-0.2, -0.15) is 0 Å². The third-order valence-electron chi connectivity index (χ3n) is 6.27. The van der Waals surface area contributed by atoms with Gasteiger partial charge in [-0.3, -0.25) is 14.1 Å². The number of aromatic amines is 1. The summed E-state index contributed by atoms with van der Waals surface area (Å²) in [4.78, 5) is 24.2. The van der Waals surface area contributed by atoms with Crippen LogP contribution in [0.3, 0.4) is 0 Å². The molecular formula is C19H22N4OS. The Balaban J connectivity index is 1.43. The third-order valence-corrected chi connectivity index (χ3v) is 7.03. The summed E-state index contributed by atoms with van der Waals surface area (Å²) in [6.45, 7) is 6.30. The second-order valence-corrected chi connectivity index (χ2v) is 8.37. The molecule has 1 saturated heterocycles. The first-order chi connectivity index (χ1) is 12.1. The molecule has 5 nitrogen and oxygen atoms in total. The molecule has 0 radical (unpaired) electrons. The summed E-state index contributed by atoms with van der Waals surface area (Å²) in [5, 5.41) is 1.93. The van der Waals surface area contributed by atoms with Gasteiger partial charge in [-0.25, -0.2) is 4.98 Å². The maximum Gasteiger partial charge on any atom is 0.263 e. The van der Waals surface area contributed by atoms with Gasteiger partial charge in [0.2, 0.25) is 0 Å². The van der Waals surface area contributed by atoms with E-state index in [1.165, 1.54) is 23.5 Å². The molecule has 5 rings (SSSR count). The first-order valence-corrected chi connectivity index (χ1v) is 9.85. The molecule has 2 aliphatic rings. The smallest absolute Gasteiger partial charge is 0.263 e. The molecule has 4 heterocycles. The summed E-state index contributed by atoms with van der Waals surface area (Å²) < 4.78 is 1.69. The molecule has 130 valence electrons. The van der Waals surface area contributed by atoms with Crippen LogP contribution in [0.1, 0.15) is 42.3 Å². The predicted octanol–water partition coefficient (Wildman–Crippen LogP) is 3.19. The summed E-state index contributed by atoms with van der Waals surface area (Å²) in [5.74, 6) is 2.12. The van der Waals surface area contributed by atoms with Gasteiger partial charge in [-0.15, -0.1) is 11.3 Å². The van der Waals surface area contributed by atoms with Crippen LogP contribution in [0.2, 0.25) is 0 Å².